The van der Waals surface area contributed by atoms with Crippen molar-refractivity contribution in [1.82, 2.24) is 10.2 Å². The van der Waals surface area contributed by atoms with Crippen LogP contribution in [0.2, 0.25) is 0 Å². The van der Waals surface area contributed by atoms with Gasteiger partial charge < -0.3 is 10.1 Å². The van der Waals surface area contributed by atoms with Gasteiger partial charge in [0.2, 0.25) is 5.91 Å². The number of benzene rings is 2. The minimum Gasteiger partial charge on any atom is -0.460 e. The quantitative estimate of drug-likeness (QED) is 0.685. The molecule has 1 unspecified atom stereocenters. The summed E-state index contributed by atoms with van der Waals surface area (Å²) >= 11 is 0. The summed E-state index contributed by atoms with van der Waals surface area (Å²) in [6.45, 7) is 0.435. The molecule has 1 fully saturated rings. The van der Waals surface area contributed by atoms with Gasteiger partial charge in [-0.05, 0) is 11.1 Å². The van der Waals surface area contributed by atoms with Crippen LogP contribution in [0.3, 0.4) is 0 Å². The zero-order chi connectivity index (χ0) is 20.7. The molecule has 1 atom stereocenters. The van der Waals surface area contributed by atoms with Crippen LogP contribution in [0.1, 0.15) is 17.2 Å². The Hall–Kier alpha value is -2.71. The number of amides is 1. The van der Waals surface area contributed by atoms with Crippen molar-refractivity contribution in [1.29, 1.82) is 0 Å². The zero-order valence-corrected chi connectivity index (χ0v) is 16.8. The van der Waals surface area contributed by atoms with E-state index in [0.717, 1.165) is 11.1 Å². The molecule has 1 aliphatic heterocycles. The van der Waals surface area contributed by atoms with E-state index in [-0.39, 0.29) is 43.7 Å². The van der Waals surface area contributed by atoms with Gasteiger partial charge in [-0.25, -0.2) is 8.42 Å². The molecular formula is C21H24N2O5S. The Morgan fingerprint density at radius 3 is 2.17 bits per heavy atom. The van der Waals surface area contributed by atoms with Gasteiger partial charge >= 0.3 is 5.97 Å². The smallest absolute Gasteiger partial charge is 0.325 e. The second kappa shape index (κ2) is 9.67. The molecule has 3 rings (SSSR count). The number of hydrogen-bond acceptors (Lipinski definition) is 6. The van der Waals surface area contributed by atoms with E-state index < -0.39 is 21.8 Å². The van der Waals surface area contributed by atoms with Gasteiger partial charge in [-0.1, -0.05) is 60.7 Å². The summed E-state index contributed by atoms with van der Waals surface area (Å²) in [5, 5.41) is 2.63. The average Bonchev–Trinajstić information content (AvgIpc) is 2.73. The van der Waals surface area contributed by atoms with Crippen LogP contribution in [0.4, 0.5) is 0 Å². The van der Waals surface area contributed by atoms with Crippen molar-refractivity contribution in [2.45, 2.75) is 12.6 Å². The lowest BCUT2D eigenvalue weighted by molar-refractivity contribution is -0.145. The number of carbonyl (C=O) groups excluding carboxylic acids is 2. The molecule has 1 amide bonds. The monoisotopic (exact) mass is 416 g/mol. The molecule has 1 N–H and O–H groups in total. The number of nitrogens with one attached hydrogen (secondary N) is 1. The lowest BCUT2D eigenvalue weighted by Gasteiger charge is -2.33. The highest BCUT2D eigenvalue weighted by molar-refractivity contribution is 7.91. The second-order valence-electron chi connectivity index (χ2n) is 6.87. The van der Waals surface area contributed by atoms with Crippen LogP contribution < -0.4 is 5.32 Å². The largest absolute Gasteiger partial charge is 0.460 e. The van der Waals surface area contributed by atoms with Gasteiger partial charge in [0, 0.05) is 13.1 Å². The SMILES string of the molecule is O=C(CNC(=O)C(c1ccccc1)N1CCS(=O)(=O)CC1)OCc1ccccc1. The topological polar surface area (TPSA) is 92.8 Å². The maximum absolute atomic E-state index is 12.9. The van der Waals surface area contributed by atoms with Crippen molar-refractivity contribution >= 4 is 21.7 Å². The Balaban J connectivity index is 1.60. The lowest BCUT2D eigenvalue weighted by Crippen LogP contribution is -2.48. The van der Waals surface area contributed by atoms with Gasteiger partial charge in [-0.15, -0.1) is 0 Å². The number of sulfone groups is 1. The molecule has 0 radical (unpaired) electrons. The zero-order valence-electron chi connectivity index (χ0n) is 16.0. The summed E-state index contributed by atoms with van der Waals surface area (Å²) in [7, 11) is -3.06. The standard InChI is InChI=1S/C21H24N2O5S/c24-19(28-16-17-7-3-1-4-8-17)15-22-21(25)20(18-9-5-2-6-10-18)23-11-13-29(26,27)14-12-23/h1-10,20H,11-16H2,(H,22,25). The Morgan fingerprint density at radius 1 is 0.966 bits per heavy atom. The molecule has 8 heteroatoms. The molecule has 0 bridgehead atoms. The first-order chi connectivity index (χ1) is 13.9. The van der Waals surface area contributed by atoms with E-state index in [2.05, 4.69) is 5.32 Å². The van der Waals surface area contributed by atoms with E-state index in [1.54, 1.807) is 0 Å². The third kappa shape index (κ3) is 6.13. The van der Waals surface area contributed by atoms with Gasteiger partial charge in [0.25, 0.3) is 0 Å². The van der Waals surface area contributed by atoms with Crippen LogP contribution in [0, 0.1) is 0 Å². The van der Waals surface area contributed by atoms with Gasteiger partial charge in [-0.3, -0.25) is 14.5 Å². The average molecular weight is 416 g/mol. The van der Waals surface area contributed by atoms with Crippen molar-refractivity contribution in [2.75, 3.05) is 31.1 Å². The first-order valence-corrected chi connectivity index (χ1v) is 11.2. The highest BCUT2D eigenvalue weighted by atomic mass is 32.2. The van der Waals surface area contributed by atoms with E-state index in [9.17, 15) is 18.0 Å². The minimum atomic E-state index is -3.06. The molecular weight excluding hydrogens is 392 g/mol. The summed E-state index contributed by atoms with van der Waals surface area (Å²) in [6, 6.07) is 17.8. The van der Waals surface area contributed by atoms with Crippen LogP contribution in [0.15, 0.2) is 60.7 Å². The van der Waals surface area contributed by atoms with Gasteiger partial charge in [0.05, 0.1) is 11.5 Å². The third-order valence-corrected chi connectivity index (χ3v) is 6.37. The maximum atomic E-state index is 12.9. The van der Waals surface area contributed by atoms with E-state index in [1.807, 2.05) is 65.6 Å². The molecule has 7 nitrogen and oxygen atoms in total. The molecule has 2 aromatic carbocycles. The van der Waals surface area contributed by atoms with Crippen LogP contribution in [0.25, 0.3) is 0 Å². The van der Waals surface area contributed by atoms with Crippen molar-refractivity contribution in [3.8, 4) is 0 Å². The second-order valence-corrected chi connectivity index (χ2v) is 9.17. The summed E-state index contributed by atoms with van der Waals surface area (Å²) < 4.78 is 28.7. The van der Waals surface area contributed by atoms with Gasteiger partial charge in [0.15, 0.2) is 9.84 Å². The normalized spacial score (nSPS) is 17.2. The number of hydrogen-bond donors (Lipinski definition) is 1. The third-order valence-electron chi connectivity index (χ3n) is 4.76. The fraction of sp³-hybridized carbons (Fsp3) is 0.333. The molecule has 0 aromatic heterocycles. The molecule has 2 aromatic rings. The fourth-order valence-corrected chi connectivity index (χ4v) is 4.42. The van der Waals surface area contributed by atoms with E-state index >= 15 is 0 Å². The number of carbonyl (C=O) groups is 2. The predicted octanol–water partition coefficient (Wildman–Crippen LogP) is 1.32. The highest BCUT2D eigenvalue weighted by Crippen LogP contribution is 2.23. The summed E-state index contributed by atoms with van der Waals surface area (Å²) in [6.07, 6.45) is 0. The lowest BCUT2D eigenvalue weighted by atomic mass is 10.0. The van der Waals surface area contributed by atoms with Gasteiger partial charge in [0.1, 0.15) is 19.2 Å². The van der Waals surface area contributed by atoms with Crippen molar-refractivity contribution in [3.63, 3.8) is 0 Å². The van der Waals surface area contributed by atoms with Crippen molar-refractivity contribution in [2.24, 2.45) is 0 Å². The Kier molecular flexibility index (Phi) is 7.00. The number of nitrogens with zero attached hydrogens (tertiary/aromatic N) is 1. The van der Waals surface area contributed by atoms with Crippen LogP contribution >= 0.6 is 0 Å². The Labute approximate surface area is 170 Å². The summed E-state index contributed by atoms with van der Waals surface area (Å²) in [5.41, 5.74) is 1.62. The molecule has 154 valence electrons. The van der Waals surface area contributed by atoms with Crippen LogP contribution in [-0.4, -0.2) is 56.3 Å². The van der Waals surface area contributed by atoms with E-state index in [0.29, 0.717) is 0 Å². The summed E-state index contributed by atoms with van der Waals surface area (Å²) in [5.74, 6) is -0.853. The molecule has 0 spiro atoms. The number of ether oxygens (including phenoxy) is 1. The Morgan fingerprint density at radius 2 is 1.55 bits per heavy atom. The van der Waals surface area contributed by atoms with Crippen LogP contribution in [-0.2, 0) is 30.8 Å². The first-order valence-electron chi connectivity index (χ1n) is 9.41. The highest BCUT2D eigenvalue weighted by Gasteiger charge is 2.32. The first kappa shape index (κ1) is 21.0. The van der Waals surface area contributed by atoms with E-state index in [4.69, 9.17) is 4.74 Å². The van der Waals surface area contributed by atoms with E-state index in [1.165, 1.54) is 0 Å². The molecule has 29 heavy (non-hydrogen) atoms. The predicted molar refractivity (Wildman–Crippen MR) is 109 cm³/mol. The van der Waals surface area contributed by atoms with Crippen molar-refractivity contribution < 1.29 is 22.7 Å². The molecule has 0 aliphatic carbocycles. The van der Waals surface area contributed by atoms with Crippen molar-refractivity contribution in [3.05, 3.63) is 71.8 Å². The molecule has 1 heterocycles. The Bertz CT molecular complexity index is 918. The van der Waals surface area contributed by atoms with Gasteiger partial charge in [-0.2, -0.15) is 0 Å². The van der Waals surface area contributed by atoms with Crippen LogP contribution in [0.5, 0.6) is 0 Å². The number of esters is 1. The fourth-order valence-electron chi connectivity index (χ4n) is 3.19. The molecule has 1 saturated heterocycles. The molecule has 1 aliphatic rings. The maximum Gasteiger partial charge on any atom is 0.325 e. The number of rotatable bonds is 7. The molecule has 0 saturated carbocycles. The minimum absolute atomic E-state index is 0.0166. The summed E-state index contributed by atoms with van der Waals surface area (Å²) in [4.78, 5) is 26.7.